The van der Waals surface area contributed by atoms with Crippen LogP contribution in [0.1, 0.15) is 41.6 Å². The molecular weight excluding hydrogens is 258 g/mol. The van der Waals surface area contributed by atoms with Crippen molar-refractivity contribution < 1.29 is 4.74 Å². The minimum Gasteiger partial charge on any atom is -0.491 e. The van der Waals surface area contributed by atoms with Crippen molar-refractivity contribution in [1.29, 1.82) is 0 Å². The van der Waals surface area contributed by atoms with Crippen LogP contribution in [0.2, 0.25) is 0 Å². The Kier molecular flexibility index (Phi) is 5.40. The van der Waals surface area contributed by atoms with Crippen molar-refractivity contribution in [2.45, 2.75) is 39.7 Å². The number of hydrogen-bond acceptors (Lipinski definition) is 2. The van der Waals surface area contributed by atoms with Gasteiger partial charge in [-0.15, -0.1) is 0 Å². The van der Waals surface area contributed by atoms with E-state index in [1.165, 1.54) is 12.0 Å². The molecule has 0 fully saturated rings. The Labute approximate surface area is 127 Å². The van der Waals surface area contributed by atoms with E-state index in [1.54, 1.807) is 0 Å². The van der Waals surface area contributed by atoms with Crippen LogP contribution in [-0.4, -0.2) is 6.61 Å². The number of para-hydroxylation sites is 1. The van der Waals surface area contributed by atoms with Gasteiger partial charge in [0.15, 0.2) is 0 Å². The van der Waals surface area contributed by atoms with Crippen molar-refractivity contribution in [2.24, 2.45) is 5.73 Å². The van der Waals surface area contributed by atoms with Gasteiger partial charge in [0.2, 0.25) is 0 Å². The maximum atomic E-state index is 6.24. The van der Waals surface area contributed by atoms with Gasteiger partial charge in [0.1, 0.15) is 12.4 Å². The quantitative estimate of drug-likeness (QED) is 0.856. The van der Waals surface area contributed by atoms with Crippen molar-refractivity contribution >= 4 is 0 Å². The minimum atomic E-state index is -0.0975. The smallest absolute Gasteiger partial charge is 0.125 e. The van der Waals surface area contributed by atoms with Crippen LogP contribution >= 0.6 is 0 Å². The van der Waals surface area contributed by atoms with E-state index in [0.717, 1.165) is 28.9 Å². The molecule has 2 N–H and O–H groups in total. The molecule has 1 atom stereocenters. The molecule has 2 nitrogen and oxygen atoms in total. The molecule has 0 spiro atoms. The predicted octanol–water partition coefficient (Wildman–Crippen LogP) is 4.33. The largest absolute Gasteiger partial charge is 0.491 e. The first-order valence-corrected chi connectivity index (χ1v) is 7.65. The highest BCUT2D eigenvalue weighted by Crippen LogP contribution is 2.23. The molecule has 21 heavy (non-hydrogen) atoms. The molecule has 0 heterocycles. The predicted molar refractivity (Wildman–Crippen MR) is 88.8 cm³/mol. The third-order valence-corrected chi connectivity index (χ3v) is 3.76. The number of nitrogens with two attached hydrogens (primary N) is 1. The van der Waals surface area contributed by atoms with E-state index in [9.17, 15) is 0 Å². The van der Waals surface area contributed by atoms with Crippen LogP contribution in [-0.2, 0) is 6.42 Å². The monoisotopic (exact) mass is 283 g/mol. The van der Waals surface area contributed by atoms with E-state index in [-0.39, 0.29) is 6.04 Å². The zero-order chi connectivity index (χ0) is 15.2. The minimum absolute atomic E-state index is 0.0975. The Hall–Kier alpha value is -1.80. The molecule has 2 aromatic rings. The summed E-state index contributed by atoms with van der Waals surface area (Å²) in [5.74, 6) is 0.954. The van der Waals surface area contributed by atoms with Crippen molar-refractivity contribution in [3.63, 3.8) is 0 Å². The van der Waals surface area contributed by atoms with E-state index >= 15 is 0 Å². The van der Waals surface area contributed by atoms with Crippen LogP contribution in [0.25, 0.3) is 0 Å². The Bertz CT molecular complexity index is 554. The fourth-order valence-corrected chi connectivity index (χ4v) is 2.52. The summed E-state index contributed by atoms with van der Waals surface area (Å²) in [6, 6.07) is 14.6. The molecule has 0 amide bonds. The van der Waals surface area contributed by atoms with E-state index in [2.05, 4.69) is 57.2 Å². The van der Waals surface area contributed by atoms with E-state index in [0.29, 0.717) is 6.61 Å². The molecule has 2 rings (SSSR count). The SMILES string of the molecule is CCCc1ccc(C(N)COc2c(C)cccc2C)cc1. The molecule has 112 valence electrons. The van der Waals surface area contributed by atoms with Gasteiger partial charge in [-0.2, -0.15) is 0 Å². The summed E-state index contributed by atoms with van der Waals surface area (Å²) in [5, 5.41) is 0. The van der Waals surface area contributed by atoms with Crippen LogP contribution in [0.4, 0.5) is 0 Å². The lowest BCUT2D eigenvalue weighted by Crippen LogP contribution is -2.19. The Morgan fingerprint density at radius 3 is 2.19 bits per heavy atom. The summed E-state index contributed by atoms with van der Waals surface area (Å²) in [5.41, 5.74) is 11.0. The molecule has 0 aliphatic heterocycles. The van der Waals surface area contributed by atoms with Gasteiger partial charge in [-0.25, -0.2) is 0 Å². The zero-order valence-electron chi connectivity index (χ0n) is 13.2. The topological polar surface area (TPSA) is 35.2 Å². The number of rotatable bonds is 6. The van der Waals surface area contributed by atoms with Gasteiger partial charge in [-0.3, -0.25) is 0 Å². The lowest BCUT2D eigenvalue weighted by Gasteiger charge is -2.17. The molecule has 1 unspecified atom stereocenters. The lowest BCUT2D eigenvalue weighted by molar-refractivity contribution is 0.287. The maximum Gasteiger partial charge on any atom is 0.125 e. The average Bonchev–Trinajstić information content (AvgIpc) is 2.47. The second-order valence-corrected chi connectivity index (χ2v) is 5.63. The van der Waals surface area contributed by atoms with Crippen LogP contribution in [0, 0.1) is 13.8 Å². The van der Waals surface area contributed by atoms with Crippen molar-refractivity contribution in [3.8, 4) is 5.75 Å². The van der Waals surface area contributed by atoms with Gasteiger partial charge >= 0.3 is 0 Å². The third kappa shape index (κ3) is 4.08. The molecular formula is C19H25NO. The van der Waals surface area contributed by atoms with Gasteiger partial charge in [0.05, 0.1) is 6.04 Å². The summed E-state index contributed by atoms with van der Waals surface area (Å²) in [6.07, 6.45) is 2.29. The van der Waals surface area contributed by atoms with Gasteiger partial charge in [-0.05, 0) is 42.5 Å². The highest BCUT2D eigenvalue weighted by Gasteiger charge is 2.09. The van der Waals surface area contributed by atoms with E-state index in [4.69, 9.17) is 10.5 Å². The second-order valence-electron chi connectivity index (χ2n) is 5.63. The van der Waals surface area contributed by atoms with Crippen molar-refractivity contribution in [2.75, 3.05) is 6.61 Å². The molecule has 2 heteroatoms. The summed E-state index contributed by atoms with van der Waals surface area (Å²) in [6.45, 7) is 6.82. The number of hydrogen-bond donors (Lipinski definition) is 1. The van der Waals surface area contributed by atoms with Gasteiger partial charge < -0.3 is 10.5 Å². The summed E-state index contributed by atoms with van der Waals surface area (Å²) >= 11 is 0. The Morgan fingerprint density at radius 1 is 1.00 bits per heavy atom. The Morgan fingerprint density at radius 2 is 1.62 bits per heavy atom. The number of ether oxygens (including phenoxy) is 1. The molecule has 0 radical (unpaired) electrons. The standard InChI is InChI=1S/C19H25NO/c1-4-6-16-9-11-17(12-10-16)18(20)13-21-19-14(2)7-5-8-15(19)3/h5,7-12,18H,4,6,13,20H2,1-3H3. The van der Waals surface area contributed by atoms with Crippen LogP contribution in [0.15, 0.2) is 42.5 Å². The zero-order valence-corrected chi connectivity index (χ0v) is 13.2. The van der Waals surface area contributed by atoms with Crippen molar-refractivity contribution in [3.05, 3.63) is 64.7 Å². The third-order valence-electron chi connectivity index (χ3n) is 3.76. The fourth-order valence-electron chi connectivity index (χ4n) is 2.52. The first kappa shape index (κ1) is 15.6. The summed E-state index contributed by atoms with van der Waals surface area (Å²) in [7, 11) is 0. The van der Waals surface area contributed by atoms with Crippen LogP contribution in [0.3, 0.4) is 0 Å². The van der Waals surface area contributed by atoms with Gasteiger partial charge in [0.25, 0.3) is 0 Å². The number of benzene rings is 2. The first-order valence-electron chi connectivity index (χ1n) is 7.65. The molecule has 0 aromatic heterocycles. The maximum absolute atomic E-state index is 6.24. The second kappa shape index (κ2) is 7.28. The normalized spacial score (nSPS) is 12.2. The number of aryl methyl sites for hydroxylation is 3. The van der Waals surface area contributed by atoms with E-state index in [1.807, 2.05) is 6.07 Å². The van der Waals surface area contributed by atoms with Crippen LogP contribution in [0.5, 0.6) is 5.75 Å². The molecule has 0 saturated heterocycles. The van der Waals surface area contributed by atoms with Crippen molar-refractivity contribution in [1.82, 2.24) is 0 Å². The Balaban J connectivity index is 1.99. The molecule has 0 aliphatic rings. The fraction of sp³-hybridized carbons (Fsp3) is 0.368. The average molecular weight is 283 g/mol. The molecule has 0 saturated carbocycles. The van der Waals surface area contributed by atoms with Gasteiger partial charge in [0, 0.05) is 0 Å². The molecule has 2 aromatic carbocycles. The highest BCUT2D eigenvalue weighted by molar-refractivity contribution is 5.39. The first-order chi connectivity index (χ1) is 10.1. The highest BCUT2D eigenvalue weighted by atomic mass is 16.5. The lowest BCUT2D eigenvalue weighted by atomic mass is 10.0. The van der Waals surface area contributed by atoms with Gasteiger partial charge in [-0.1, -0.05) is 55.8 Å². The molecule has 0 bridgehead atoms. The summed E-state index contributed by atoms with van der Waals surface area (Å²) < 4.78 is 5.94. The summed E-state index contributed by atoms with van der Waals surface area (Å²) in [4.78, 5) is 0. The van der Waals surface area contributed by atoms with E-state index < -0.39 is 0 Å². The van der Waals surface area contributed by atoms with Crippen LogP contribution < -0.4 is 10.5 Å². The molecule has 0 aliphatic carbocycles.